The molecule has 1 heterocycles. The predicted octanol–water partition coefficient (Wildman–Crippen LogP) is 2.59. The van der Waals surface area contributed by atoms with Gasteiger partial charge in [0.25, 0.3) is 0 Å². The molecule has 0 aliphatic carbocycles. The molecule has 1 saturated heterocycles. The highest BCUT2D eigenvalue weighted by Gasteiger charge is 2.21. The van der Waals surface area contributed by atoms with Crippen molar-refractivity contribution < 1.29 is 9.90 Å². The smallest absolute Gasteiger partial charge is 0.222 e. The first kappa shape index (κ1) is 18.0. The number of carbonyl (C=O) groups is 1. The van der Waals surface area contributed by atoms with Crippen molar-refractivity contribution in [2.45, 2.75) is 39.2 Å². The highest BCUT2D eigenvalue weighted by molar-refractivity contribution is 5.76. The lowest BCUT2D eigenvalue weighted by Gasteiger charge is -2.33. The third-order valence-corrected chi connectivity index (χ3v) is 4.38. The highest BCUT2D eigenvalue weighted by Crippen LogP contribution is 2.18. The van der Waals surface area contributed by atoms with Crippen molar-refractivity contribution in [1.82, 2.24) is 10.2 Å². The van der Waals surface area contributed by atoms with Crippen molar-refractivity contribution >= 4 is 5.91 Å². The number of hydrogen-bond acceptors (Lipinski definition) is 3. The van der Waals surface area contributed by atoms with Crippen LogP contribution in [0, 0.1) is 11.8 Å². The molecule has 4 nitrogen and oxygen atoms in total. The Kier molecular flexibility index (Phi) is 7.06. The van der Waals surface area contributed by atoms with Crippen LogP contribution in [0.5, 0.6) is 0 Å². The monoisotopic (exact) mass is 318 g/mol. The van der Waals surface area contributed by atoms with Crippen LogP contribution in [0.3, 0.4) is 0 Å². The molecule has 23 heavy (non-hydrogen) atoms. The number of hydrogen-bond donors (Lipinski definition) is 2. The second-order valence-electron chi connectivity index (χ2n) is 7.10. The molecule has 128 valence electrons. The van der Waals surface area contributed by atoms with Crippen molar-refractivity contribution in [2.75, 3.05) is 26.2 Å². The van der Waals surface area contributed by atoms with Crippen LogP contribution in [-0.2, 0) is 4.79 Å². The number of piperidine rings is 1. The molecule has 1 fully saturated rings. The molecule has 1 aromatic carbocycles. The van der Waals surface area contributed by atoms with Crippen LogP contribution in [0.15, 0.2) is 30.3 Å². The van der Waals surface area contributed by atoms with Gasteiger partial charge in [-0.25, -0.2) is 0 Å². The van der Waals surface area contributed by atoms with E-state index >= 15 is 0 Å². The minimum absolute atomic E-state index is 0.0673. The van der Waals surface area contributed by atoms with Gasteiger partial charge in [-0.3, -0.25) is 4.79 Å². The molecule has 2 atom stereocenters. The molecule has 0 spiro atoms. The summed E-state index contributed by atoms with van der Waals surface area (Å²) in [4.78, 5) is 14.5. The molecular weight excluding hydrogens is 288 g/mol. The first-order valence-electron chi connectivity index (χ1n) is 8.76. The highest BCUT2D eigenvalue weighted by atomic mass is 16.3. The summed E-state index contributed by atoms with van der Waals surface area (Å²) < 4.78 is 0. The van der Waals surface area contributed by atoms with Crippen LogP contribution >= 0.6 is 0 Å². The van der Waals surface area contributed by atoms with Crippen molar-refractivity contribution in [3.05, 3.63) is 35.9 Å². The molecule has 0 bridgehead atoms. The van der Waals surface area contributed by atoms with Gasteiger partial charge in [0.15, 0.2) is 0 Å². The Hall–Kier alpha value is -1.39. The summed E-state index contributed by atoms with van der Waals surface area (Å²) in [7, 11) is 0. The predicted molar refractivity (Wildman–Crippen MR) is 93.0 cm³/mol. The number of rotatable bonds is 7. The van der Waals surface area contributed by atoms with Crippen molar-refractivity contribution in [1.29, 1.82) is 0 Å². The summed E-state index contributed by atoms with van der Waals surface area (Å²) >= 11 is 0. The fourth-order valence-electron chi connectivity index (χ4n) is 3.30. The third-order valence-electron chi connectivity index (χ3n) is 4.38. The minimum atomic E-state index is -0.722. The Morgan fingerprint density at radius 2 is 2.09 bits per heavy atom. The molecule has 1 aromatic rings. The summed E-state index contributed by atoms with van der Waals surface area (Å²) in [6, 6.07) is 9.36. The Bertz CT molecular complexity index is 476. The molecule has 2 N–H and O–H groups in total. The minimum Gasteiger partial charge on any atom is -0.388 e. The standard InChI is InChI=1S/C19H30N2O2/c1-15(2)13-21-10-6-7-16(14-21)12-20-19(23)11-18(22)17-8-4-3-5-9-17/h3-5,8-9,15-16,18,22H,6-7,10-14H2,1-2H3,(H,20,23). The lowest BCUT2D eigenvalue weighted by molar-refractivity contribution is -0.123. The summed E-state index contributed by atoms with van der Waals surface area (Å²) in [6.07, 6.45) is 1.79. The van der Waals surface area contributed by atoms with E-state index in [9.17, 15) is 9.90 Å². The lowest BCUT2D eigenvalue weighted by Crippen LogP contribution is -2.42. The van der Waals surface area contributed by atoms with Gasteiger partial charge < -0.3 is 15.3 Å². The van der Waals surface area contributed by atoms with Gasteiger partial charge >= 0.3 is 0 Å². The maximum atomic E-state index is 12.0. The quantitative estimate of drug-likeness (QED) is 0.812. The molecule has 2 rings (SSSR count). The molecule has 0 aromatic heterocycles. The van der Waals surface area contributed by atoms with E-state index in [4.69, 9.17) is 0 Å². The number of likely N-dealkylation sites (tertiary alicyclic amines) is 1. The summed E-state index contributed by atoms with van der Waals surface area (Å²) in [6.45, 7) is 8.59. The first-order chi connectivity index (χ1) is 11.0. The number of nitrogens with zero attached hydrogens (tertiary/aromatic N) is 1. The van der Waals surface area contributed by atoms with Crippen LogP contribution in [0.2, 0.25) is 0 Å². The Labute approximate surface area is 139 Å². The maximum absolute atomic E-state index is 12.0. The second kappa shape index (κ2) is 9.04. The van der Waals surface area contributed by atoms with Crippen molar-refractivity contribution in [3.63, 3.8) is 0 Å². The van der Waals surface area contributed by atoms with Gasteiger partial charge in [-0.05, 0) is 36.8 Å². The van der Waals surface area contributed by atoms with Gasteiger partial charge in [0.1, 0.15) is 0 Å². The van der Waals surface area contributed by atoms with E-state index in [1.165, 1.54) is 19.4 Å². The zero-order valence-corrected chi connectivity index (χ0v) is 14.4. The average Bonchev–Trinajstić information content (AvgIpc) is 2.53. The van der Waals surface area contributed by atoms with Gasteiger partial charge in [0.05, 0.1) is 12.5 Å². The fraction of sp³-hybridized carbons (Fsp3) is 0.632. The van der Waals surface area contributed by atoms with E-state index in [-0.39, 0.29) is 12.3 Å². The average molecular weight is 318 g/mol. The molecule has 0 saturated carbocycles. The normalized spacial score (nSPS) is 20.4. The van der Waals surface area contributed by atoms with Crippen LogP contribution in [0.4, 0.5) is 0 Å². The second-order valence-corrected chi connectivity index (χ2v) is 7.10. The fourth-order valence-corrected chi connectivity index (χ4v) is 3.30. The molecule has 1 amide bonds. The largest absolute Gasteiger partial charge is 0.388 e. The maximum Gasteiger partial charge on any atom is 0.222 e. The topological polar surface area (TPSA) is 52.6 Å². The van der Waals surface area contributed by atoms with E-state index in [1.54, 1.807) is 0 Å². The Balaban J connectivity index is 1.71. The van der Waals surface area contributed by atoms with E-state index < -0.39 is 6.10 Å². The van der Waals surface area contributed by atoms with Crippen LogP contribution in [0.1, 0.15) is 44.8 Å². The zero-order chi connectivity index (χ0) is 16.7. The summed E-state index contributed by atoms with van der Waals surface area (Å²) in [5.74, 6) is 1.15. The van der Waals surface area contributed by atoms with Gasteiger partial charge in [-0.15, -0.1) is 0 Å². The van der Waals surface area contributed by atoms with E-state index in [2.05, 4.69) is 24.1 Å². The van der Waals surface area contributed by atoms with Gasteiger partial charge in [0, 0.05) is 19.6 Å². The van der Waals surface area contributed by atoms with Crippen LogP contribution in [0.25, 0.3) is 0 Å². The Morgan fingerprint density at radius 1 is 1.35 bits per heavy atom. The van der Waals surface area contributed by atoms with E-state index in [0.717, 1.165) is 25.2 Å². The number of nitrogens with one attached hydrogen (secondary N) is 1. The number of aliphatic hydroxyl groups excluding tert-OH is 1. The Morgan fingerprint density at radius 3 is 2.78 bits per heavy atom. The molecular formula is C19H30N2O2. The number of aliphatic hydroxyl groups is 1. The zero-order valence-electron chi connectivity index (χ0n) is 14.4. The van der Waals surface area contributed by atoms with E-state index in [1.807, 2.05) is 30.3 Å². The summed E-state index contributed by atoms with van der Waals surface area (Å²) in [5, 5.41) is 13.1. The number of carbonyl (C=O) groups excluding carboxylic acids is 1. The van der Waals surface area contributed by atoms with Crippen molar-refractivity contribution in [2.24, 2.45) is 11.8 Å². The molecule has 1 aliphatic heterocycles. The number of benzene rings is 1. The third kappa shape index (κ3) is 6.32. The molecule has 0 radical (unpaired) electrons. The molecule has 4 heteroatoms. The SMILES string of the molecule is CC(C)CN1CCCC(CNC(=O)CC(O)c2ccccc2)C1. The lowest BCUT2D eigenvalue weighted by atomic mass is 9.97. The van der Waals surface area contributed by atoms with Crippen LogP contribution < -0.4 is 5.32 Å². The molecule has 2 unspecified atom stereocenters. The van der Waals surface area contributed by atoms with E-state index in [0.29, 0.717) is 11.8 Å². The van der Waals surface area contributed by atoms with Gasteiger partial charge in [-0.2, -0.15) is 0 Å². The van der Waals surface area contributed by atoms with Gasteiger partial charge in [0.2, 0.25) is 5.91 Å². The number of amides is 1. The van der Waals surface area contributed by atoms with Crippen molar-refractivity contribution in [3.8, 4) is 0 Å². The summed E-state index contributed by atoms with van der Waals surface area (Å²) in [5.41, 5.74) is 0.795. The molecule has 1 aliphatic rings. The van der Waals surface area contributed by atoms with Crippen LogP contribution in [-0.4, -0.2) is 42.1 Å². The van der Waals surface area contributed by atoms with Gasteiger partial charge in [-0.1, -0.05) is 44.2 Å². The first-order valence-corrected chi connectivity index (χ1v) is 8.76.